The fraction of sp³-hybridized carbons (Fsp3) is 0.364. The van der Waals surface area contributed by atoms with Crippen molar-refractivity contribution in [3.8, 4) is 5.75 Å². The fourth-order valence-electron chi connectivity index (χ4n) is 1.91. The second kappa shape index (κ2) is 3.81. The molecule has 0 bridgehead atoms. The third-order valence-corrected chi connectivity index (χ3v) is 2.58. The monoisotopic (exact) mass is 207 g/mol. The molecule has 0 aliphatic carbocycles. The van der Waals surface area contributed by atoms with E-state index in [1.54, 1.807) is 6.07 Å². The van der Waals surface area contributed by atoms with Gasteiger partial charge in [0.05, 0.1) is 0 Å². The van der Waals surface area contributed by atoms with Gasteiger partial charge in [0, 0.05) is 17.8 Å². The van der Waals surface area contributed by atoms with Crippen LogP contribution in [0.4, 0.5) is 10.5 Å². The molecule has 1 aliphatic rings. The van der Waals surface area contributed by atoms with E-state index >= 15 is 0 Å². The summed E-state index contributed by atoms with van der Waals surface area (Å²) in [6, 6.07) is 3.59. The van der Waals surface area contributed by atoms with Gasteiger partial charge in [-0.25, -0.2) is 4.79 Å². The number of rotatable bonds is 1. The highest BCUT2D eigenvalue weighted by atomic mass is 16.7. The molecule has 0 radical (unpaired) electrons. The quantitative estimate of drug-likeness (QED) is 0.548. The number of fused-ring (bicyclic) bond motifs is 1. The van der Waals surface area contributed by atoms with Gasteiger partial charge in [-0.05, 0) is 31.4 Å². The zero-order valence-electron chi connectivity index (χ0n) is 8.54. The van der Waals surface area contributed by atoms with Crippen LogP contribution in [0.3, 0.4) is 0 Å². The Hall–Kier alpha value is -1.71. The highest BCUT2D eigenvalue weighted by Crippen LogP contribution is 2.33. The maximum absolute atomic E-state index is 10.5. The van der Waals surface area contributed by atoms with Crippen molar-refractivity contribution >= 4 is 11.8 Å². The van der Waals surface area contributed by atoms with Gasteiger partial charge in [0.2, 0.25) is 0 Å². The van der Waals surface area contributed by atoms with Crippen LogP contribution in [0.2, 0.25) is 0 Å². The van der Waals surface area contributed by atoms with E-state index in [4.69, 9.17) is 9.84 Å². The molecule has 0 amide bonds. The lowest BCUT2D eigenvalue weighted by Gasteiger charge is -2.21. The predicted molar refractivity (Wildman–Crippen MR) is 56.6 cm³/mol. The summed E-state index contributed by atoms with van der Waals surface area (Å²) >= 11 is 0. The lowest BCUT2D eigenvalue weighted by atomic mass is 9.99. The van der Waals surface area contributed by atoms with Crippen LogP contribution in [0, 0.1) is 6.92 Å². The molecule has 2 N–H and O–H groups in total. The molecule has 0 aromatic heterocycles. The second-order valence-electron chi connectivity index (χ2n) is 3.63. The number of hydrogen-bond acceptors (Lipinski definition) is 3. The Morgan fingerprint density at radius 2 is 2.33 bits per heavy atom. The Kier molecular flexibility index (Phi) is 2.49. The molecule has 1 aliphatic heterocycles. The Bertz CT molecular complexity index is 401. The summed E-state index contributed by atoms with van der Waals surface area (Å²) < 4.78 is 4.74. The van der Waals surface area contributed by atoms with Crippen molar-refractivity contribution in [1.82, 2.24) is 0 Å². The van der Waals surface area contributed by atoms with Crippen molar-refractivity contribution in [3.63, 3.8) is 0 Å². The normalized spacial score (nSPS) is 13.9. The summed E-state index contributed by atoms with van der Waals surface area (Å²) in [5.41, 5.74) is 3.13. The molecule has 4 nitrogen and oxygen atoms in total. The largest absolute Gasteiger partial charge is 0.511 e. The summed E-state index contributed by atoms with van der Waals surface area (Å²) in [6.07, 6.45) is 0.616. The summed E-state index contributed by atoms with van der Waals surface area (Å²) in [4.78, 5) is 10.5. The molecule has 0 atom stereocenters. The van der Waals surface area contributed by atoms with Gasteiger partial charge in [0.15, 0.2) is 0 Å². The average molecular weight is 207 g/mol. The Morgan fingerprint density at radius 3 is 3.07 bits per heavy atom. The molecule has 1 aromatic rings. The second-order valence-corrected chi connectivity index (χ2v) is 3.63. The van der Waals surface area contributed by atoms with Gasteiger partial charge in [-0.1, -0.05) is 6.07 Å². The van der Waals surface area contributed by atoms with Gasteiger partial charge in [-0.3, -0.25) is 0 Å². The Labute approximate surface area is 87.9 Å². The molecule has 0 fully saturated rings. The van der Waals surface area contributed by atoms with E-state index in [1.165, 1.54) is 0 Å². The Balaban J connectivity index is 2.43. The van der Waals surface area contributed by atoms with Gasteiger partial charge in [0.25, 0.3) is 0 Å². The number of anilines is 1. The third-order valence-electron chi connectivity index (χ3n) is 2.58. The number of ether oxygens (including phenoxy) is 1. The van der Waals surface area contributed by atoms with Crippen molar-refractivity contribution in [3.05, 3.63) is 23.3 Å². The minimum Gasteiger partial charge on any atom is -0.449 e. The van der Waals surface area contributed by atoms with Crippen LogP contribution in [0.25, 0.3) is 0 Å². The summed E-state index contributed by atoms with van der Waals surface area (Å²) in [6.45, 7) is 2.94. The van der Waals surface area contributed by atoms with Crippen LogP contribution in [-0.4, -0.2) is 17.8 Å². The van der Waals surface area contributed by atoms with Crippen LogP contribution >= 0.6 is 0 Å². The standard InChI is InChI=1S/C11H13NO3/c1-7-4-5-9(15-11(13)14)8-3-2-6-12-10(7)8/h4-5,12H,2-3,6H2,1H3,(H,13,14). The van der Waals surface area contributed by atoms with E-state index in [-0.39, 0.29) is 0 Å². The van der Waals surface area contributed by atoms with Gasteiger partial charge in [0.1, 0.15) is 5.75 Å². The van der Waals surface area contributed by atoms with Crippen molar-refractivity contribution in [2.45, 2.75) is 19.8 Å². The van der Waals surface area contributed by atoms with Crippen LogP contribution in [0.5, 0.6) is 5.75 Å². The van der Waals surface area contributed by atoms with Crippen molar-refractivity contribution < 1.29 is 14.6 Å². The first-order valence-corrected chi connectivity index (χ1v) is 4.95. The number of aryl methyl sites for hydroxylation is 1. The molecule has 80 valence electrons. The smallest absolute Gasteiger partial charge is 0.449 e. The van der Waals surface area contributed by atoms with Crippen molar-refractivity contribution in [1.29, 1.82) is 0 Å². The average Bonchev–Trinajstić information content (AvgIpc) is 2.22. The van der Waals surface area contributed by atoms with E-state index in [0.29, 0.717) is 5.75 Å². The van der Waals surface area contributed by atoms with Gasteiger partial charge >= 0.3 is 6.16 Å². The van der Waals surface area contributed by atoms with Crippen molar-refractivity contribution in [2.24, 2.45) is 0 Å². The molecule has 15 heavy (non-hydrogen) atoms. The zero-order valence-corrected chi connectivity index (χ0v) is 8.54. The molecule has 2 rings (SSSR count). The SMILES string of the molecule is Cc1ccc(OC(=O)O)c2c1NCCC2. The van der Waals surface area contributed by atoms with E-state index in [2.05, 4.69) is 5.32 Å². The first-order chi connectivity index (χ1) is 7.18. The Morgan fingerprint density at radius 1 is 1.53 bits per heavy atom. The summed E-state index contributed by atoms with van der Waals surface area (Å²) in [5.74, 6) is 0.454. The highest BCUT2D eigenvalue weighted by molar-refractivity contribution is 5.68. The molecule has 0 spiro atoms. The highest BCUT2D eigenvalue weighted by Gasteiger charge is 2.17. The molecule has 4 heteroatoms. The predicted octanol–water partition coefficient (Wildman–Crippen LogP) is 2.41. The number of nitrogens with one attached hydrogen (secondary N) is 1. The number of hydrogen-bond donors (Lipinski definition) is 2. The maximum atomic E-state index is 10.5. The van der Waals surface area contributed by atoms with Gasteiger partial charge in [-0.15, -0.1) is 0 Å². The lowest BCUT2D eigenvalue weighted by molar-refractivity contribution is 0.144. The van der Waals surface area contributed by atoms with Gasteiger partial charge < -0.3 is 15.2 Å². The first kappa shape index (κ1) is 9.83. The third kappa shape index (κ3) is 1.88. The summed E-state index contributed by atoms with van der Waals surface area (Å²) in [5, 5.41) is 11.9. The fourth-order valence-corrected chi connectivity index (χ4v) is 1.91. The van der Waals surface area contributed by atoms with E-state index < -0.39 is 6.16 Å². The molecular formula is C11H13NO3. The van der Waals surface area contributed by atoms with Crippen LogP contribution in [0.1, 0.15) is 17.5 Å². The van der Waals surface area contributed by atoms with E-state index in [0.717, 1.165) is 36.2 Å². The molecular weight excluding hydrogens is 194 g/mol. The van der Waals surface area contributed by atoms with Crippen LogP contribution in [-0.2, 0) is 6.42 Å². The zero-order chi connectivity index (χ0) is 10.8. The number of carbonyl (C=O) groups is 1. The minimum absolute atomic E-state index is 0.454. The molecule has 0 unspecified atom stereocenters. The van der Waals surface area contributed by atoms with Crippen molar-refractivity contribution in [2.75, 3.05) is 11.9 Å². The number of carboxylic acid groups (broad SMARTS) is 1. The minimum atomic E-state index is -1.26. The maximum Gasteiger partial charge on any atom is 0.511 e. The lowest BCUT2D eigenvalue weighted by Crippen LogP contribution is -2.15. The summed E-state index contributed by atoms with van der Waals surface area (Å²) in [7, 11) is 0. The molecule has 1 aromatic carbocycles. The van der Waals surface area contributed by atoms with Gasteiger partial charge in [-0.2, -0.15) is 0 Å². The molecule has 0 saturated heterocycles. The topological polar surface area (TPSA) is 58.6 Å². The number of benzene rings is 1. The van der Waals surface area contributed by atoms with Crippen LogP contribution < -0.4 is 10.1 Å². The molecule has 0 saturated carbocycles. The molecule has 1 heterocycles. The van der Waals surface area contributed by atoms with Crippen LogP contribution in [0.15, 0.2) is 12.1 Å². The van der Waals surface area contributed by atoms with E-state index in [9.17, 15) is 4.79 Å². The van der Waals surface area contributed by atoms with E-state index in [1.807, 2.05) is 13.0 Å². The first-order valence-electron chi connectivity index (χ1n) is 4.95.